The summed E-state index contributed by atoms with van der Waals surface area (Å²) in [4.78, 5) is 12.3. The maximum atomic E-state index is 12.3. The summed E-state index contributed by atoms with van der Waals surface area (Å²) in [5.74, 6) is 0.472. The van der Waals surface area contributed by atoms with E-state index in [0.29, 0.717) is 5.41 Å². The first kappa shape index (κ1) is 15.3. The van der Waals surface area contributed by atoms with E-state index in [-0.39, 0.29) is 30.2 Å². The van der Waals surface area contributed by atoms with E-state index in [4.69, 9.17) is 0 Å². The van der Waals surface area contributed by atoms with Crippen molar-refractivity contribution in [1.29, 1.82) is 0 Å². The van der Waals surface area contributed by atoms with Crippen LogP contribution in [-0.4, -0.2) is 35.3 Å². The number of hydrogen-bond donors (Lipinski definition) is 2. The van der Waals surface area contributed by atoms with Gasteiger partial charge in [0.05, 0.1) is 12.1 Å². The summed E-state index contributed by atoms with van der Waals surface area (Å²) in [6.45, 7) is 4.68. The van der Waals surface area contributed by atoms with Crippen molar-refractivity contribution >= 4 is 18.3 Å². The number of carbonyl (C=O) groups is 1. The van der Waals surface area contributed by atoms with Gasteiger partial charge in [0.2, 0.25) is 5.91 Å². The van der Waals surface area contributed by atoms with Crippen LogP contribution in [0.15, 0.2) is 12.4 Å². The van der Waals surface area contributed by atoms with Crippen LogP contribution in [0.1, 0.15) is 31.2 Å². The van der Waals surface area contributed by atoms with Crippen LogP contribution >= 0.6 is 12.4 Å². The van der Waals surface area contributed by atoms with Gasteiger partial charge < -0.3 is 10.6 Å². The van der Waals surface area contributed by atoms with E-state index in [2.05, 4.69) is 22.7 Å². The normalized spacial score (nSPS) is 26.9. The quantitative estimate of drug-likeness (QED) is 0.874. The van der Waals surface area contributed by atoms with Gasteiger partial charge in [-0.05, 0) is 23.8 Å². The molecule has 6 heteroatoms. The highest BCUT2D eigenvalue weighted by Gasteiger charge is 2.39. The Balaban J connectivity index is 0.00000147. The molecule has 0 bridgehead atoms. The molecule has 2 aliphatic rings. The molecule has 20 heavy (non-hydrogen) atoms. The minimum atomic E-state index is 0. The highest BCUT2D eigenvalue weighted by Crippen LogP contribution is 2.44. The Morgan fingerprint density at radius 1 is 1.55 bits per heavy atom. The molecule has 0 aromatic carbocycles. The number of hydrogen-bond acceptors (Lipinski definition) is 3. The van der Waals surface area contributed by atoms with Crippen molar-refractivity contribution in [2.45, 2.75) is 25.7 Å². The summed E-state index contributed by atoms with van der Waals surface area (Å²) in [5, 5.41) is 10.7. The zero-order valence-corrected chi connectivity index (χ0v) is 12.9. The minimum absolute atomic E-state index is 0. The van der Waals surface area contributed by atoms with Crippen LogP contribution < -0.4 is 10.6 Å². The molecule has 1 aliphatic carbocycles. The second kappa shape index (κ2) is 5.74. The predicted molar refractivity (Wildman–Crippen MR) is 79.9 cm³/mol. The molecule has 1 aromatic rings. The number of nitrogens with zero attached hydrogens (tertiary/aromatic N) is 2. The van der Waals surface area contributed by atoms with Gasteiger partial charge in [0.1, 0.15) is 0 Å². The smallest absolute Gasteiger partial charge is 0.225 e. The average Bonchev–Trinajstić information content (AvgIpc) is 2.84. The van der Waals surface area contributed by atoms with Crippen LogP contribution in [0.5, 0.6) is 0 Å². The first-order valence-corrected chi connectivity index (χ1v) is 7.04. The molecule has 2 atom stereocenters. The third-order valence-corrected chi connectivity index (χ3v) is 4.50. The van der Waals surface area contributed by atoms with Crippen molar-refractivity contribution < 1.29 is 4.79 Å². The Morgan fingerprint density at radius 3 is 2.90 bits per heavy atom. The van der Waals surface area contributed by atoms with Crippen LogP contribution in [0, 0.1) is 11.3 Å². The molecule has 1 amide bonds. The molecule has 0 unspecified atom stereocenters. The van der Waals surface area contributed by atoms with Crippen molar-refractivity contribution in [1.82, 2.24) is 20.4 Å². The molecule has 2 heterocycles. The summed E-state index contributed by atoms with van der Waals surface area (Å²) in [5.41, 5.74) is 1.52. The largest absolute Gasteiger partial charge is 0.355 e. The maximum absolute atomic E-state index is 12.3. The number of aromatic nitrogens is 2. The fourth-order valence-corrected chi connectivity index (χ4v) is 2.76. The van der Waals surface area contributed by atoms with Gasteiger partial charge in [0, 0.05) is 38.8 Å². The van der Waals surface area contributed by atoms with E-state index in [1.165, 1.54) is 12.8 Å². The molecule has 0 radical (unpaired) electrons. The Hall–Kier alpha value is -1.07. The van der Waals surface area contributed by atoms with Crippen LogP contribution in [0.4, 0.5) is 0 Å². The third kappa shape index (κ3) is 3.15. The monoisotopic (exact) mass is 298 g/mol. The number of rotatable bonds is 4. The lowest BCUT2D eigenvalue weighted by atomic mass is 9.90. The Morgan fingerprint density at radius 2 is 2.30 bits per heavy atom. The minimum Gasteiger partial charge on any atom is -0.355 e. The van der Waals surface area contributed by atoms with Gasteiger partial charge >= 0.3 is 0 Å². The van der Waals surface area contributed by atoms with Gasteiger partial charge in [0.25, 0.3) is 0 Å². The molecule has 2 N–H and O–H groups in total. The zero-order chi connectivity index (χ0) is 13.5. The second-order valence-electron chi connectivity index (χ2n) is 6.35. The van der Waals surface area contributed by atoms with Gasteiger partial charge in [-0.15, -0.1) is 12.4 Å². The van der Waals surface area contributed by atoms with Gasteiger partial charge in [0.15, 0.2) is 0 Å². The molecule has 1 aromatic heterocycles. The Kier molecular flexibility index (Phi) is 4.39. The van der Waals surface area contributed by atoms with Crippen molar-refractivity contribution in [2.75, 3.05) is 19.6 Å². The van der Waals surface area contributed by atoms with Crippen LogP contribution in [0.2, 0.25) is 0 Å². The zero-order valence-electron chi connectivity index (χ0n) is 12.1. The fraction of sp³-hybridized carbons (Fsp3) is 0.714. The number of aryl methyl sites for hydroxylation is 1. The molecule has 112 valence electrons. The lowest BCUT2D eigenvalue weighted by Crippen LogP contribution is -2.37. The third-order valence-electron chi connectivity index (χ3n) is 4.50. The first-order chi connectivity index (χ1) is 9.07. The van der Waals surface area contributed by atoms with E-state index in [1.54, 1.807) is 4.68 Å². The van der Waals surface area contributed by atoms with Gasteiger partial charge in [-0.1, -0.05) is 6.92 Å². The summed E-state index contributed by atoms with van der Waals surface area (Å²) < 4.78 is 1.80. The summed E-state index contributed by atoms with van der Waals surface area (Å²) in [7, 11) is 1.91. The van der Waals surface area contributed by atoms with Crippen molar-refractivity contribution in [3.63, 3.8) is 0 Å². The number of nitrogens with one attached hydrogen (secondary N) is 2. The van der Waals surface area contributed by atoms with Gasteiger partial charge in [-0.2, -0.15) is 5.10 Å². The highest BCUT2D eigenvalue weighted by atomic mass is 35.5. The summed E-state index contributed by atoms with van der Waals surface area (Å²) in [6, 6.07) is 0. The van der Waals surface area contributed by atoms with E-state index in [1.807, 2.05) is 19.4 Å². The number of carbonyl (C=O) groups excluding carboxylic acids is 1. The van der Waals surface area contributed by atoms with Crippen LogP contribution in [0.3, 0.4) is 0 Å². The van der Waals surface area contributed by atoms with Crippen molar-refractivity contribution in [2.24, 2.45) is 18.4 Å². The number of amides is 1. The summed E-state index contributed by atoms with van der Waals surface area (Å²) in [6.07, 6.45) is 6.37. The lowest BCUT2D eigenvalue weighted by molar-refractivity contribution is -0.125. The van der Waals surface area contributed by atoms with E-state index >= 15 is 0 Å². The molecule has 0 spiro atoms. The molecule has 2 fully saturated rings. The fourth-order valence-electron chi connectivity index (χ4n) is 2.76. The Bertz CT molecular complexity index is 483. The number of halogens is 1. The van der Waals surface area contributed by atoms with E-state index < -0.39 is 0 Å². The average molecular weight is 299 g/mol. The SMILES string of the molecule is Cl.Cn1cc([C@H]2CNC[C@@H]2C(=O)NCC2(C)CC2)cn1. The molecule has 1 saturated carbocycles. The van der Waals surface area contributed by atoms with Gasteiger partial charge in [-0.3, -0.25) is 9.48 Å². The topological polar surface area (TPSA) is 59.0 Å². The standard InChI is InChI=1S/C14H22N4O.ClH/c1-14(3-4-14)9-16-13(19)12-7-15-6-11(12)10-5-17-18(2)8-10;/h5,8,11-12,15H,3-4,6-7,9H2,1-2H3,(H,16,19);1H/t11-,12+;/m1./s1. The van der Waals surface area contributed by atoms with Crippen LogP contribution in [0.25, 0.3) is 0 Å². The molecule has 5 nitrogen and oxygen atoms in total. The lowest BCUT2D eigenvalue weighted by Gasteiger charge is -2.18. The maximum Gasteiger partial charge on any atom is 0.225 e. The predicted octanol–water partition coefficient (Wildman–Crippen LogP) is 1.06. The molecular weight excluding hydrogens is 276 g/mol. The van der Waals surface area contributed by atoms with Crippen molar-refractivity contribution in [3.05, 3.63) is 18.0 Å². The summed E-state index contributed by atoms with van der Waals surface area (Å²) >= 11 is 0. The molecule has 1 saturated heterocycles. The van der Waals surface area contributed by atoms with Gasteiger partial charge in [-0.25, -0.2) is 0 Å². The van der Waals surface area contributed by atoms with E-state index in [9.17, 15) is 4.79 Å². The second-order valence-corrected chi connectivity index (χ2v) is 6.35. The Labute approximate surface area is 125 Å². The molecule has 3 rings (SSSR count). The van der Waals surface area contributed by atoms with Crippen molar-refractivity contribution in [3.8, 4) is 0 Å². The van der Waals surface area contributed by atoms with E-state index in [0.717, 1.165) is 25.2 Å². The van der Waals surface area contributed by atoms with Crippen LogP contribution in [-0.2, 0) is 11.8 Å². The first-order valence-electron chi connectivity index (χ1n) is 7.04. The molecular formula is C14H23ClN4O. The molecule has 1 aliphatic heterocycles. The highest BCUT2D eigenvalue weighted by molar-refractivity contribution is 5.85.